The molecule has 1 heterocycles. The van der Waals surface area contributed by atoms with E-state index in [9.17, 15) is 4.79 Å². The number of alkyl halides is 1. The number of aryl methyl sites for hydroxylation is 2. The lowest BCUT2D eigenvalue weighted by molar-refractivity contribution is 0.0922. The zero-order chi connectivity index (χ0) is 13.8. The second-order valence-electron chi connectivity index (χ2n) is 4.50. The topological polar surface area (TPSA) is 42.2 Å². The Labute approximate surface area is 117 Å². The fourth-order valence-electron chi connectivity index (χ4n) is 1.86. The van der Waals surface area contributed by atoms with Gasteiger partial charge >= 0.3 is 0 Å². The van der Waals surface area contributed by atoms with Crippen molar-refractivity contribution in [2.45, 2.75) is 26.3 Å². The van der Waals surface area contributed by atoms with E-state index in [-0.39, 0.29) is 5.91 Å². The Balaban J connectivity index is 2.01. The summed E-state index contributed by atoms with van der Waals surface area (Å²) in [7, 11) is 0. The van der Waals surface area contributed by atoms with Gasteiger partial charge in [-0.25, -0.2) is 0 Å². The van der Waals surface area contributed by atoms with E-state index >= 15 is 0 Å². The molecule has 0 aliphatic heterocycles. The average molecular weight is 278 g/mol. The molecule has 1 aromatic carbocycles. The number of hydrogen-bond acceptors (Lipinski definition) is 2. The van der Waals surface area contributed by atoms with Crippen molar-refractivity contribution < 1.29 is 9.21 Å². The summed E-state index contributed by atoms with van der Waals surface area (Å²) in [5, 5.41) is 2.83. The Morgan fingerprint density at radius 1 is 1.32 bits per heavy atom. The summed E-state index contributed by atoms with van der Waals surface area (Å²) in [6, 6.07) is 9.70. The average Bonchev–Trinajstić information content (AvgIpc) is 2.77. The van der Waals surface area contributed by atoms with Crippen LogP contribution in [0.2, 0.25) is 0 Å². The number of carbonyl (C=O) groups excluding carboxylic acids is 1. The molecule has 0 saturated carbocycles. The van der Waals surface area contributed by atoms with Gasteiger partial charge in [-0.1, -0.05) is 29.8 Å². The minimum absolute atomic E-state index is 0.221. The van der Waals surface area contributed by atoms with Gasteiger partial charge < -0.3 is 9.73 Å². The van der Waals surface area contributed by atoms with Crippen LogP contribution in [0, 0.1) is 13.8 Å². The maximum atomic E-state index is 11.9. The van der Waals surface area contributed by atoms with Gasteiger partial charge in [-0.3, -0.25) is 4.79 Å². The van der Waals surface area contributed by atoms with Crippen molar-refractivity contribution in [2.24, 2.45) is 0 Å². The molecule has 0 fully saturated rings. The Bertz CT molecular complexity index is 590. The van der Waals surface area contributed by atoms with Crippen LogP contribution in [0.1, 0.15) is 33.0 Å². The predicted octanol–water partition coefficient (Wildman–Crippen LogP) is 3.57. The van der Waals surface area contributed by atoms with E-state index in [0.29, 0.717) is 23.9 Å². The number of nitrogens with one attached hydrogen (secondary N) is 1. The van der Waals surface area contributed by atoms with Gasteiger partial charge in [-0.2, -0.15) is 0 Å². The molecule has 100 valence electrons. The smallest absolute Gasteiger partial charge is 0.287 e. The van der Waals surface area contributed by atoms with E-state index in [1.54, 1.807) is 13.0 Å². The first-order chi connectivity index (χ1) is 9.10. The molecule has 0 radical (unpaired) electrons. The van der Waals surface area contributed by atoms with Crippen LogP contribution in [0.4, 0.5) is 0 Å². The third-order valence-electron chi connectivity index (χ3n) is 2.92. The van der Waals surface area contributed by atoms with E-state index in [2.05, 4.69) is 5.32 Å². The van der Waals surface area contributed by atoms with Gasteiger partial charge in [0, 0.05) is 12.1 Å². The number of rotatable bonds is 4. The van der Waals surface area contributed by atoms with E-state index in [0.717, 1.165) is 11.1 Å². The van der Waals surface area contributed by atoms with Crippen LogP contribution in [0.3, 0.4) is 0 Å². The minimum Gasteiger partial charge on any atom is -0.456 e. The largest absolute Gasteiger partial charge is 0.456 e. The van der Waals surface area contributed by atoms with Gasteiger partial charge in [0.05, 0.1) is 5.88 Å². The number of halogens is 1. The molecule has 2 rings (SSSR count). The molecule has 0 bridgehead atoms. The Morgan fingerprint density at radius 2 is 2.11 bits per heavy atom. The molecular weight excluding hydrogens is 262 g/mol. The Morgan fingerprint density at radius 3 is 2.74 bits per heavy atom. The van der Waals surface area contributed by atoms with Crippen LogP contribution in [0.15, 0.2) is 34.7 Å². The summed E-state index contributed by atoms with van der Waals surface area (Å²) in [4.78, 5) is 11.9. The van der Waals surface area contributed by atoms with Gasteiger partial charge in [0.1, 0.15) is 5.76 Å². The number of benzene rings is 1. The lowest BCUT2D eigenvalue weighted by Crippen LogP contribution is -2.22. The minimum atomic E-state index is -0.221. The maximum Gasteiger partial charge on any atom is 0.287 e. The third kappa shape index (κ3) is 3.38. The monoisotopic (exact) mass is 277 g/mol. The normalized spacial score (nSPS) is 10.5. The quantitative estimate of drug-likeness (QED) is 0.868. The fraction of sp³-hybridized carbons (Fsp3) is 0.267. The van der Waals surface area contributed by atoms with Crippen LogP contribution in [0.25, 0.3) is 0 Å². The molecule has 19 heavy (non-hydrogen) atoms. The molecule has 0 unspecified atom stereocenters. The molecule has 1 amide bonds. The van der Waals surface area contributed by atoms with Gasteiger partial charge in [-0.05, 0) is 25.5 Å². The molecule has 4 heteroatoms. The molecule has 3 nitrogen and oxygen atoms in total. The summed E-state index contributed by atoms with van der Waals surface area (Å²) in [5.41, 5.74) is 3.08. The highest BCUT2D eigenvalue weighted by Gasteiger charge is 2.13. The van der Waals surface area contributed by atoms with Crippen LogP contribution in [0.5, 0.6) is 0 Å². The Hall–Kier alpha value is -1.74. The molecule has 0 aliphatic carbocycles. The van der Waals surface area contributed by atoms with Crippen LogP contribution in [-0.2, 0) is 12.4 Å². The molecule has 0 spiro atoms. The number of hydrogen-bond donors (Lipinski definition) is 1. The summed E-state index contributed by atoms with van der Waals surface area (Å²) < 4.78 is 5.38. The molecule has 2 aromatic rings. The van der Waals surface area contributed by atoms with Crippen molar-refractivity contribution in [3.63, 3.8) is 0 Å². The SMILES string of the molecule is Cc1cccc(CNC(=O)c2cc(CCl)c(C)o2)c1. The molecule has 0 atom stereocenters. The first-order valence-corrected chi connectivity index (χ1v) is 6.62. The lowest BCUT2D eigenvalue weighted by atomic mass is 10.1. The van der Waals surface area contributed by atoms with Crippen molar-refractivity contribution >= 4 is 17.5 Å². The van der Waals surface area contributed by atoms with Crippen LogP contribution >= 0.6 is 11.6 Å². The van der Waals surface area contributed by atoms with Crippen molar-refractivity contribution in [3.8, 4) is 0 Å². The van der Waals surface area contributed by atoms with Crippen molar-refractivity contribution in [1.29, 1.82) is 0 Å². The summed E-state index contributed by atoms with van der Waals surface area (Å²) in [5.74, 6) is 1.12. The molecule has 1 N–H and O–H groups in total. The first kappa shape index (κ1) is 13.7. The third-order valence-corrected chi connectivity index (χ3v) is 3.21. The van der Waals surface area contributed by atoms with Crippen LogP contribution < -0.4 is 5.32 Å². The fourth-order valence-corrected chi connectivity index (χ4v) is 2.12. The van der Waals surface area contributed by atoms with Crippen LogP contribution in [-0.4, -0.2) is 5.91 Å². The molecule has 0 aliphatic rings. The standard InChI is InChI=1S/C15H16ClNO2/c1-10-4-3-5-12(6-10)9-17-15(18)14-7-13(8-16)11(2)19-14/h3-7H,8-9H2,1-2H3,(H,17,18). The van der Waals surface area contributed by atoms with Gasteiger partial charge in [0.2, 0.25) is 0 Å². The number of furan rings is 1. The highest BCUT2D eigenvalue weighted by atomic mass is 35.5. The zero-order valence-corrected chi connectivity index (χ0v) is 11.8. The van der Waals surface area contributed by atoms with E-state index in [4.69, 9.17) is 16.0 Å². The molecule has 0 saturated heterocycles. The van der Waals surface area contributed by atoms with Crippen molar-refractivity contribution in [1.82, 2.24) is 5.32 Å². The molecule has 1 aromatic heterocycles. The maximum absolute atomic E-state index is 11.9. The Kier molecular flexibility index (Phi) is 4.27. The van der Waals surface area contributed by atoms with E-state index in [1.165, 1.54) is 5.56 Å². The van der Waals surface area contributed by atoms with E-state index < -0.39 is 0 Å². The summed E-state index contributed by atoms with van der Waals surface area (Å²) >= 11 is 5.75. The predicted molar refractivity (Wildman–Crippen MR) is 75.4 cm³/mol. The zero-order valence-electron chi connectivity index (χ0n) is 11.0. The van der Waals surface area contributed by atoms with Gasteiger partial charge in [0.25, 0.3) is 5.91 Å². The van der Waals surface area contributed by atoms with Gasteiger partial charge in [-0.15, -0.1) is 11.6 Å². The summed E-state index contributed by atoms with van der Waals surface area (Å²) in [6.07, 6.45) is 0. The van der Waals surface area contributed by atoms with Crippen molar-refractivity contribution in [2.75, 3.05) is 0 Å². The second-order valence-corrected chi connectivity index (χ2v) is 4.76. The van der Waals surface area contributed by atoms with Gasteiger partial charge in [0.15, 0.2) is 5.76 Å². The van der Waals surface area contributed by atoms with E-state index in [1.807, 2.05) is 31.2 Å². The molecular formula is C15H16ClNO2. The number of amides is 1. The first-order valence-electron chi connectivity index (χ1n) is 6.09. The highest BCUT2D eigenvalue weighted by Crippen LogP contribution is 2.16. The second kappa shape index (κ2) is 5.93. The lowest BCUT2D eigenvalue weighted by Gasteiger charge is -2.04. The summed E-state index contributed by atoms with van der Waals surface area (Å²) in [6.45, 7) is 4.31. The highest BCUT2D eigenvalue weighted by molar-refractivity contribution is 6.17. The van der Waals surface area contributed by atoms with Crippen molar-refractivity contribution in [3.05, 3.63) is 58.5 Å². The number of carbonyl (C=O) groups is 1.